The van der Waals surface area contributed by atoms with Crippen LogP contribution in [0, 0.1) is 5.92 Å². The van der Waals surface area contributed by atoms with E-state index in [9.17, 15) is 9.90 Å². The molecule has 1 aromatic heterocycles. The second-order valence-corrected chi connectivity index (χ2v) is 8.15. The molecule has 1 N–H and O–H groups in total. The summed E-state index contributed by atoms with van der Waals surface area (Å²) in [4.78, 5) is 11.6. The number of hydrogen-bond donors (Lipinski definition) is 1. The maximum atomic E-state index is 11.6. The number of benzene rings is 3. The highest BCUT2D eigenvalue weighted by Crippen LogP contribution is 2.34. The Balaban J connectivity index is 1.83. The van der Waals surface area contributed by atoms with Crippen molar-refractivity contribution in [2.45, 2.75) is 20.4 Å². The third kappa shape index (κ3) is 4.89. The molecule has 4 rings (SSSR count). The average Bonchev–Trinajstić information content (AvgIpc) is 3.22. The van der Waals surface area contributed by atoms with Gasteiger partial charge in [-0.15, -0.1) is 0 Å². The number of nitrogens with zero attached hydrogens (tertiary/aromatic N) is 2. The number of rotatable bonds is 8. The molecule has 32 heavy (non-hydrogen) atoms. The third-order valence-electron chi connectivity index (χ3n) is 5.10. The lowest BCUT2D eigenvalue weighted by Gasteiger charge is -2.13. The van der Waals surface area contributed by atoms with E-state index in [1.807, 2.05) is 59.3 Å². The molecule has 0 atom stereocenters. The fraction of sp³-hybridized carbons (Fsp3) is 0.185. The van der Waals surface area contributed by atoms with Gasteiger partial charge in [0.2, 0.25) is 0 Å². The fourth-order valence-electron chi connectivity index (χ4n) is 3.51. The monoisotopic (exact) mass is 426 g/mol. The normalized spacial score (nSPS) is 11.0. The molecule has 1 heterocycles. The molecule has 0 saturated carbocycles. The van der Waals surface area contributed by atoms with Gasteiger partial charge in [0.15, 0.2) is 0 Å². The smallest absolute Gasteiger partial charge is 0.335 e. The zero-order chi connectivity index (χ0) is 22.5. The van der Waals surface area contributed by atoms with Crippen LogP contribution in [0.3, 0.4) is 0 Å². The number of carbonyl (C=O) groups is 1. The number of carboxylic acids is 1. The van der Waals surface area contributed by atoms with E-state index in [0.717, 1.165) is 16.8 Å². The van der Waals surface area contributed by atoms with Crippen molar-refractivity contribution < 1.29 is 14.6 Å². The molecule has 5 heteroatoms. The van der Waals surface area contributed by atoms with Crippen LogP contribution >= 0.6 is 0 Å². The molecular formula is C27H26N2O3. The summed E-state index contributed by atoms with van der Waals surface area (Å²) in [7, 11) is 0. The molecule has 0 radical (unpaired) electrons. The summed E-state index contributed by atoms with van der Waals surface area (Å²) in [6.45, 7) is 5.29. The minimum atomic E-state index is -0.978. The second-order valence-electron chi connectivity index (χ2n) is 8.15. The molecule has 0 spiro atoms. The Labute approximate surface area is 187 Å². The Morgan fingerprint density at radius 3 is 2.31 bits per heavy atom. The maximum Gasteiger partial charge on any atom is 0.335 e. The Morgan fingerprint density at radius 2 is 1.66 bits per heavy atom. The molecule has 0 fully saturated rings. The lowest BCUT2D eigenvalue weighted by Crippen LogP contribution is -2.07. The van der Waals surface area contributed by atoms with Crippen molar-refractivity contribution in [3.8, 4) is 28.3 Å². The van der Waals surface area contributed by atoms with Gasteiger partial charge >= 0.3 is 5.97 Å². The van der Waals surface area contributed by atoms with E-state index in [1.165, 1.54) is 0 Å². The molecule has 0 aliphatic carbocycles. The van der Waals surface area contributed by atoms with Gasteiger partial charge in [0.1, 0.15) is 5.75 Å². The van der Waals surface area contributed by atoms with Crippen molar-refractivity contribution >= 4 is 5.97 Å². The molecule has 4 aromatic rings. The minimum Gasteiger partial charge on any atom is -0.493 e. The van der Waals surface area contributed by atoms with Crippen LogP contribution in [0.1, 0.15) is 29.8 Å². The van der Waals surface area contributed by atoms with E-state index in [-0.39, 0.29) is 5.56 Å². The molecule has 3 aromatic carbocycles. The van der Waals surface area contributed by atoms with Crippen LogP contribution in [-0.4, -0.2) is 27.5 Å². The first-order chi connectivity index (χ1) is 15.5. The number of aromatic nitrogens is 2. The Bertz CT molecular complexity index is 1200. The zero-order valence-electron chi connectivity index (χ0n) is 18.2. The van der Waals surface area contributed by atoms with Gasteiger partial charge in [0.05, 0.1) is 30.1 Å². The van der Waals surface area contributed by atoms with Crippen LogP contribution < -0.4 is 4.74 Å². The number of hydrogen-bond acceptors (Lipinski definition) is 3. The molecule has 0 amide bonds. The molecule has 0 aliphatic heterocycles. The molecule has 0 unspecified atom stereocenters. The standard InChI is InChI=1S/C27H26N2O3/c1-19(2)18-32-26-14-13-22(27(30)31)15-23(26)24-16-25(21-11-7-4-8-12-21)29(28-24)17-20-9-5-3-6-10-20/h3-16,19H,17-18H2,1-2H3,(H,30,31). The van der Waals surface area contributed by atoms with Crippen LogP contribution in [0.25, 0.3) is 22.5 Å². The number of aromatic carboxylic acids is 1. The summed E-state index contributed by atoms with van der Waals surface area (Å²) in [5, 5.41) is 14.4. The predicted octanol–water partition coefficient (Wildman–Crippen LogP) is 6.00. The highest BCUT2D eigenvalue weighted by atomic mass is 16.5. The lowest BCUT2D eigenvalue weighted by molar-refractivity contribution is 0.0697. The lowest BCUT2D eigenvalue weighted by atomic mass is 10.0. The van der Waals surface area contributed by atoms with Crippen LogP contribution in [0.15, 0.2) is 84.9 Å². The van der Waals surface area contributed by atoms with Crippen molar-refractivity contribution in [2.75, 3.05) is 6.61 Å². The van der Waals surface area contributed by atoms with E-state index < -0.39 is 5.97 Å². The van der Waals surface area contributed by atoms with E-state index in [4.69, 9.17) is 9.84 Å². The van der Waals surface area contributed by atoms with Gasteiger partial charge in [-0.1, -0.05) is 74.5 Å². The van der Waals surface area contributed by atoms with Crippen LogP contribution in [0.4, 0.5) is 0 Å². The van der Waals surface area contributed by atoms with Gasteiger partial charge in [-0.2, -0.15) is 5.10 Å². The van der Waals surface area contributed by atoms with E-state index in [0.29, 0.717) is 36.1 Å². The Kier molecular flexibility index (Phi) is 6.36. The molecule has 0 bridgehead atoms. The van der Waals surface area contributed by atoms with E-state index in [1.54, 1.807) is 18.2 Å². The molecular weight excluding hydrogens is 400 g/mol. The van der Waals surface area contributed by atoms with Gasteiger partial charge in [0.25, 0.3) is 0 Å². The number of carboxylic acid groups (broad SMARTS) is 1. The fourth-order valence-corrected chi connectivity index (χ4v) is 3.51. The first-order valence-corrected chi connectivity index (χ1v) is 10.7. The second kappa shape index (κ2) is 9.52. The SMILES string of the molecule is CC(C)COc1ccc(C(=O)O)cc1-c1cc(-c2ccccc2)n(Cc2ccccc2)n1. The van der Waals surface area contributed by atoms with Crippen molar-refractivity contribution in [1.82, 2.24) is 9.78 Å². The number of ether oxygens (including phenoxy) is 1. The van der Waals surface area contributed by atoms with Gasteiger partial charge in [-0.05, 0) is 41.3 Å². The summed E-state index contributed by atoms with van der Waals surface area (Å²) < 4.78 is 7.98. The highest BCUT2D eigenvalue weighted by molar-refractivity contribution is 5.90. The summed E-state index contributed by atoms with van der Waals surface area (Å²) in [5.41, 5.74) is 4.70. The Morgan fingerprint density at radius 1 is 0.969 bits per heavy atom. The zero-order valence-corrected chi connectivity index (χ0v) is 18.2. The minimum absolute atomic E-state index is 0.204. The van der Waals surface area contributed by atoms with Gasteiger partial charge in [-0.3, -0.25) is 4.68 Å². The van der Waals surface area contributed by atoms with Crippen molar-refractivity contribution in [2.24, 2.45) is 5.92 Å². The van der Waals surface area contributed by atoms with Crippen molar-refractivity contribution in [3.05, 3.63) is 96.1 Å². The van der Waals surface area contributed by atoms with Crippen molar-refractivity contribution in [1.29, 1.82) is 0 Å². The van der Waals surface area contributed by atoms with Gasteiger partial charge in [-0.25, -0.2) is 4.79 Å². The summed E-state index contributed by atoms with van der Waals surface area (Å²) in [6.07, 6.45) is 0. The van der Waals surface area contributed by atoms with E-state index >= 15 is 0 Å². The molecule has 0 saturated heterocycles. The topological polar surface area (TPSA) is 64.3 Å². The first kappa shape index (κ1) is 21.4. The average molecular weight is 427 g/mol. The quantitative estimate of drug-likeness (QED) is 0.375. The van der Waals surface area contributed by atoms with E-state index in [2.05, 4.69) is 26.0 Å². The van der Waals surface area contributed by atoms with Gasteiger partial charge in [0, 0.05) is 5.56 Å². The van der Waals surface area contributed by atoms with Gasteiger partial charge < -0.3 is 9.84 Å². The molecule has 162 valence electrons. The molecule has 0 aliphatic rings. The highest BCUT2D eigenvalue weighted by Gasteiger charge is 2.18. The largest absolute Gasteiger partial charge is 0.493 e. The van der Waals surface area contributed by atoms with Crippen molar-refractivity contribution in [3.63, 3.8) is 0 Å². The van der Waals surface area contributed by atoms with Crippen LogP contribution in [0.5, 0.6) is 5.75 Å². The first-order valence-electron chi connectivity index (χ1n) is 10.7. The third-order valence-corrected chi connectivity index (χ3v) is 5.10. The van der Waals surface area contributed by atoms with Crippen LogP contribution in [-0.2, 0) is 6.54 Å². The molecule has 5 nitrogen and oxygen atoms in total. The summed E-state index contributed by atoms with van der Waals surface area (Å²) >= 11 is 0. The van der Waals surface area contributed by atoms with Crippen LogP contribution in [0.2, 0.25) is 0 Å². The Hall–Kier alpha value is -3.86. The summed E-state index contributed by atoms with van der Waals surface area (Å²) in [5.74, 6) is -0.00106. The predicted molar refractivity (Wildman–Crippen MR) is 126 cm³/mol. The summed E-state index contributed by atoms with van der Waals surface area (Å²) in [6, 6.07) is 27.2. The maximum absolute atomic E-state index is 11.6.